The highest BCUT2D eigenvalue weighted by Crippen LogP contribution is 2.28. The van der Waals surface area contributed by atoms with Gasteiger partial charge in [0, 0.05) is 18.6 Å². The van der Waals surface area contributed by atoms with Crippen LogP contribution in [0.15, 0.2) is 29.2 Å². The van der Waals surface area contributed by atoms with Gasteiger partial charge in [-0.3, -0.25) is 0 Å². The van der Waals surface area contributed by atoms with Gasteiger partial charge >= 0.3 is 0 Å². The highest BCUT2D eigenvalue weighted by atomic mass is 32.2. The van der Waals surface area contributed by atoms with E-state index >= 15 is 0 Å². The third kappa shape index (κ3) is 3.47. The lowest BCUT2D eigenvalue weighted by molar-refractivity contribution is 0.379. The van der Waals surface area contributed by atoms with Crippen LogP contribution in [-0.2, 0) is 10.0 Å². The maximum atomic E-state index is 12.7. The van der Waals surface area contributed by atoms with Gasteiger partial charge in [-0.2, -0.15) is 4.31 Å². The number of nitrogens with one attached hydrogen (secondary N) is 1. The number of hydrogen-bond acceptors (Lipinski definition) is 3. The van der Waals surface area contributed by atoms with E-state index in [0.717, 1.165) is 31.4 Å². The predicted octanol–water partition coefficient (Wildman–Crippen LogP) is 2.92. The second-order valence-corrected chi connectivity index (χ2v) is 7.56. The van der Waals surface area contributed by atoms with Crippen molar-refractivity contribution in [3.05, 3.63) is 29.8 Å². The van der Waals surface area contributed by atoms with Gasteiger partial charge in [0.05, 0.1) is 4.90 Å². The van der Waals surface area contributed by atoms with Crippen LogP contribution in [0.1, 0.15) is 51.6 Å². The minimum Gasteiger partial charge on any atom is -0.310 e. The van der Waals surface area contributed by atoms with Crippen molar-refractivity contribution in [1.82, 2.24) is 9.62 Å². The molecule has 0 amide bonds. The molecule has 0 spiro atoms. The molecule has 4 nitrogen and oxygen atoms in total. The Morgan fingerprint density at radius 1 is 1.29 bits per heavy atom. The number of benzene rings is 1. The first-order valence-corrected chi connectivity index (χ1v) is 9.29. The molecule has 0 bridgehead atoms. The minimum atomic E-state index is -3.34. The molecular formula is C16H26N2O2S. The van der Waals surface area contributed by atoms with E-state index in [0.29, 0.717) is 11.4 Å². The standard InChI is InChI=1S/C16H26N2O2S/c1-4-15-7-6-12-18(15)21(19,20)16-10-8-14(9-11-16)13(3)17-5-2/h8-11,13,15,17H,4-7,12H2,1-3H3. The number of rotatable bonds is 6. The van der Waals surface area contributed by atoms with E-state index in [9.17, 15) is 8.42 Å². The molecule has 2 unspecified atom stereocenters. The van der Waals surface area contributed by atoms with E-state index in [1.165, 1.54) is 0 Å². The monoisotopic (exact) mass is 310 g/mol. The lowest BCUT2D eigenvalue weighted by Gasteiger charge is -2.23. The number of sulfonamides is 1. The van der Waals surface area contributed by atoms with E-state index in [-0.39, 0.29) is 12.1 Å². The second kappa shape index (κ2) is 6.90. The van der Waals surface area contributed by atoms with Crippen LogP contribution in [-0.4, -0.2) is 31.9 Å². The molecule has 118 valence electrons. The smallest absolute Gasteiger partial charge is 0.243 e. The first kappa shape index (κ1) is 16.5. The third-order valence-corrected chi connectivity index (χ3v) is 6.26. The summed E-state index contributed by atoms with van der Waals surface area (Å²) < 4.78 is 27.1. The Hall–Kier alpha value is -0.910. The SMILES string of the molecule is CCNC(C)c1ccc(S(=O)(=O)N2CCCC2CC)cc1. The fourth-order valence-electron chi connectivity index (χ4n) is 3.02. The maximum absolute atomic E-state index is 12.7. The van der Waals surface area contributed by atoms with Crippen molar-refractivity contribution >= 4 is 10.0 Å². The molecule has 21 heavy (non-hydrogen) atoms. The van der Waals surface area contributed by atoms with Crippen molar-refractivity contribution in [3.63, 3.8) is 0 Å². The Kier molecular flexibility index (Phi) is 5.41. The first-order chi connectivity index (χ1) is 10.0. The molecule has 0 aliphatic carbocycles. The Bertz CT molecular complexity index is 554. The predicted molar refractivity (Wildman–Crippen MR) is 85.7 cm³/mol. The summed E-state index contributed by atoms with van der Waals surface area (Å²) in [5.41, 5.74) is 1.12. The van der Waals surface area contributed by atoms with Crippen LogP contribution >= 0.6 is 0 Å². The van der Waals surface area contributed by atoms with Gasteiger partial charge in [0.25, 0.3) is 0 Å². The highest BCUT2D eigenvalue weighted by Gasteiger charge is 2.34. The largest absolute Gasteiger partial charge is 0.310 e. The van der Waals surface area contributed by atoms with Crippen molar-refractivity contribution in [1.29, 1.82) is 0 Å². The van der Waals surface area contributed by atoms with Gasteiger partial charge in [0.15, 0.2) is 0 Å². The summed E-state index contributed by atoms with van der Waals surface area (Å²) in [6.07, 6.45) is 2.83. The zero-order valence-electron chi connectivity index (χ0n) is 13.2. The number of hydrogen-bond donors (Lipinski definition) is 1. The Morgan fingerprint density at radius 3 is 2.52 bits per heavy atom. The van der Waals surface area contributed by atoms with Crippen LogP contribution in [0.2, 0.25) is 0 Å². The summed E-state index contributed by atoms with van der Waals surface area (Å²) in [5.74, 6) is 0. The lowest BCUT2D eigenvalue weighted by atomic mass is 10.1. The van der Waals surface area contributed by atoms with E-state index in [1.807, 2.05) is 12.1 Å². The van der Waals surface area contributed by atoms with Crippen molar-refractivity contribution in [2.24, 2.45) is 0 Å². The van der Waals surface area contributed by atoms with Gasteiger partial charge in [-0.15, -0.1) is 0 Å². The molecule has 1 N–H and O–H groups in total. The number of nitrogens with zero attached hydrogens (tertiary/aromatic N) is 1. The van der Waals surface area contributed by atoms with Gasteiger partial charge in [-0.1, -0.05) is 26.0 Å². The van der Waals surface area contributed by atoms with E-state index < -0.39 is 10.0 Å². The molecule has 0 saturated carbocycles. The van der Waals surface area contributed by atoms with Crippen LogP contribution in [0.3, 0.4) is 0 Å². The fourth-order valence-corrected chi connectivity index (χ4v) is 4.79. The summed E-state index contributed by atoms with van der Waals surface area (Å²) in [7, 11) is -3.34. The minimum absolute atomic E-state index is 0.162. The van der Waals surface area contributed by atoms with E-state index in [4.69, 9.17) is 0 Å². The Morgan fingerprint density at radius 2 is 1.95 bits per heavy atom. The van der Waals surface area contributed by atoms with Crippen LogP contribution in [0, 0.1) is 0 Å². The molecule has 1 aromatic carbocycles. The highest BCUT2D eigenvalue weighted by molar-refractivity contribution is 7.89. The average molecular weight is 310 g/mol. The van der Waals surface area contributed by atoms with E-state index in [1.54, 1.807) is 16.4 Å². The van der Waals surface area contributed by atoms with Crippen LogP contribution in [0.4, 0.5) is 0 Å². The molecule has 2 rings (SSSR count). The summed E-state index contributed by atoms with van der Waals surface area (Å²) in [5, 5.41) is 3.33. The Labute approximate surface area is 128 Å². The summed E-state index contributed by atoms with van der Waals surface area (Å²) in [6.45, 7) is 7.75. The third-order valence-electron chi connectivity index (χ3n) is 4.29. The Balaban J connectivity index is 2.21. The zero-order valence-corrected chi connectivity index (χ0v) is 14.0. The summed E-state index contributed by atoms with van der Waals surface area (Å²) in [4.78, 5) is 0.412. The molecule has 0 aromatic heterocycles. The van der Waals surface area contributed by atoms with Gasteiger partial charge in [0.2, 0.25) is 10.0 Å². The molecule has 1 aliphatic rings. The maximum Gasteiger partial charge on any atom is 0.243 e. The quantitative estimate of drug-likeness (QED) is 0.879. The van der Waals surface area contributed by atoms with Gasteiger partial charge in [0.1, 0.15) is 0 Å². The first-order valence-electron chi connectivity index (χ1n) is 7.85. The summed E-state index contributed by atoms with van der Waals surface area (Å²) >= 11 is 0. The van der Waals surface area contributed by atoms with Gasteiger partial charge in [-0.25, -0.2) is 8.42 Å². The molecule has 1 aliphatic heterocycles. The molecule has 1 heterocycles. The van der Waals surface area contributed by atoms with Crippen molar-refractivity contribution in [2.45, 2.75) is 57.0 Å². The lowest BCUT2D eigenvalue weighted by Crippen LogP contribution is -2.35. The molecule has 1 aromatic rings. The molecule has 0 radical (unpaired) electrons. The van der Waals surface area contributed by atoms with Crippen LogP contribution in [0.25, 0.3) is 0 Å². The second-order valence-electron chi connectivity index (χ2n) is 5.67. The van der Waals surface area contributed by atoms with Crippen molar-refractivity contribution < 1.29 is 8.42 Å². The van der Waals surface area contributed by atoms with Gasteiger partial charge in [-0.05, 0) is 50.4 Å². The van der Waals surface area contributed by atoms with Crippen molar-refractivity contribution in [3.8, 4) is 0 Å². The van der Waals surface area contributed by atoms with Crippen LogP contribution in [0.5, 0.6) is 0 Å². The zero-order chi connectivity index (χ0) is 15.5. The van der Waals surface area contributed by atoms with Gasteiger partial charge < -0.3 is 5.32 Å². The molecule has 2 atom stereocenters. The topological polar surface area (TPSA) is 49.4 Å². The molecule has 5 heteroatoms. The molecular weight excluding hydrogens is 284 g/mol. The van der Waals surface area contributed by atoms with E-state index in [2.05, 4.69) is 26.1 Å². The summed E-state index contributed by atoms with van der Waals surface area (Å²) in [6, 6.07) is 7.71. The molecule has 1 saturated heterocycles. The fraction of sp³-hybridized carbons (Fsp3) is 0.625. The normalized spacial score (nSPS) is 21.6. The molecule has 1 fully saturated rings. The van der Waals surface area contributed by atoms with Crippen LogP contribution < -0.4 is 5.32 Å². The van der Waals surface area contributed by atoms with Crippen molar-refractivity contribution in [2.75, 3.05) is 13.1 Å². The average Bonchev–Trinajstić information content (AvgIpc) is 2.97.